The Bertz CT molecular complexity index is 1280. The number of rotatable bonds is 6. The van der Waals surface area contributed by atoms with Gasteiger partial charge in [-0.2, -0.15) is 0 Å². The van der Waals surface area contributed by atoms with Crippen LogP contribution in [0.3, 0.4) is 0 Å². The first-order valence-corrected chi connectivity index (χ1v) is 10.5. The zero-order valence-electron chi connectivity index (χ0n) is 17.7. The molecule has 0 aliphatic heterocycles. The van der Waals surface area contributed by atoms with Gasteiger partial charge in [0, 0.05) is 35.1 Å². The summed E-state index contributed by atoms with van der Waals surface area (Å²) in [5, 5.41) is 3.39. The number of carbonyl (C=O) groups excluding carboxylic acids is 1. The molecule has 0 fully saturated rings. The van der Waals surface area contributed by atoms with Gasteiger partial charge in [-0.15, -0.1) is 0 Å². The van der Waals surface area contributed by atoms with E-state index in [0.717, 1.165) is 29.1 Å². The molecule has 2 aromatic carbocycles. The number of hydrogen-bond donors (Lipinski definition) is 1. The summed E-state index contributed by atoms with van der Waals surface area (Å²) >= 11 is 5.98. The van der Waals surface area contributed by atoms with Crippen LogP contribution in [0.2, 0.25) is 5.02 Å². The molecule has 0 aliphatic rings. The number of aromatic nitrogens is 3. The standard InChI is InChI=1S/C25H21ClN4O2/c1-3-23-27-13-11-21(30-23)20-8-5-12-28-25(20)32-22-10-9-19(14-16(22)2)29-24(31)17-6-4-7-18(26)15-17/h4-15H,3H2,1-2H3,(H,29,31). The van der Waals surface area contributed by atoms with E-state index in [9.17, 15) is 4.79 Å². The highest BCUT2D eigenvalue weighted by Crippen LogP contribution is 2.32. The maximum absolute atomic E-state index is 12.5. The van der Waals surface area contributed by atoms with Crippen molar-refractivity contribution in [1.82, 2.24) is 15.0 Å². The maximum atomic E-state index is 12.5. The molecule has 2 heterocycles. The van der Waals surface area contributed by atoms with Crippen LogP contribution in [-0.4, -0.2) is 20.9 Å². The Morgan fingerprint density at radius 1 is 1.03 bits per heavy atom. The Labute approximate surface area is 191 Å². The number of halogens is 1. The van der Waals surface area contributed by atoms with Crippen LogP contribution in [0.15, 0.2) is 73.1 Å². The number of hydrogen-bond acceptors (Lipinski definition) is 5. The van der Waals surface area contributed by atoms with E-state index in [-0.39, 0.29) is 5.91 Å². The van der Waals surface area contributed by atoms with Crippen molar-refractivity contribution >= 4 is 23.2 Å². The van der Waals surface area contributed by atoms with Crippen molar-refractivity contribution in [3.63, 3.8) is 0 Å². The lowest BCUT2D eigenvalue weighted by Gasteiger charge is -2.13. The molecule has 0 spiro atoms. The normalized spacial score (nSPS) is 10.6. The largest absolute Gasteiger partial charge is 0.438 e. The number of carbonyl (C=O) groups is 1. The highest BCUT2D eigenvalue weighted by atomic mass is 35.5. The molecule has 160 valence electrons. The van der Waals surface area contributed by atoms with Crippen molar-refractivity contribution in [3.05, 3.63) is 95.0 Å². The second kappa shape index (κ2) is 9.58. The number of ether oxygens (including phenoxy) is 1. The summed E-state index contributed by atoms with van der Waals surface area (Å²) < 4.78 is 6.13. The molecule has 2 aromatic heterocycles. The number of pyridine rings is 1. The van der Waals surface area contributed by atoms with Crippen molar-refractivity contribution in [1.29, 1.82) is 0 Å². The van der Waals surface area contributed by atoms with E-state index in [1.54, 1.807) is 48.8 Å². The number of benzene rings is 2. The van der Waals surface area contributed by atoms with Gasteiger partial charge in [0.1, 0.15) is 11.6 Å². The van der Waals surface area contributed by atoms with Gasteiger partial charge in [-0.1, -0.05) is 24.6 Å². The van der Waals surface area contributed by atoms with E-state index in [0.29, 0.717) is 27.9 Å². The van der Waals surface area contributed by atoms with Crippen molar-refractivity contribution in [2.45, 2.75) is 20.3 Å². The number of aryl methyl sites for hydroxylation is 2. The fraction of sp³-hybridized carbons (Fsp3) is 0.120. The third kappa shape index (κ3) is 4.92. The fourth-order valence-corrected chi connectivity index (χ4v) is 3.36. The summed E-state index contributed by atoms with van der Waals surface area (Å²) in [4.78, 5) is 25.7. The first kappa shape index (κ1) is 21.5. The van der Waals surface area contributed by atoms with Crippen LogP contribution in [-0.2, 0) is 6.42 Å². The molecular formula is C25H21ClN4O2. The zero-order valence-corrected chi connectivity index (χ0v) is 18.4. The molecule has 7 heteroatoms. The third-order valence-corrected chi connectivity index (χ3v) is 5.03. The Kier molecular flexibility index (Phi) is 6.42. The van der Waals surface area contributed by atoms with Gasteiger partial charge in [0.2, 0.25) is 5.88 Å². The second-order valence-corrected chi connectivity index (χ2v) is 7.55. The summed E-state index contributed by atoms with van der Waals surface area (Å²) in [5.41, 5.74) is 3.53. The Morgan fingerprint density at radius 3 is 2.69 bits per heavy atom. The molecule has 1 amide bonds. The van der Waals surface area contributed by atoms with Crippen LogP contribution >= 0.6 is 11.6 Å². The molecule has 0 aliphatic carbocycles. The van der Waals surface area contributed by atoms with Gasteiger partial charge in [0.25, 0.3) is 5.91 Å². The van der Waals surface area contributed by atoms with Crippen LogP contribution in [0.25, 0.3) is 11.3 Å². The summed E-state index contributed by atoms with van der Waals surface area (Å²) in [6.45, 7) is 3.92. The van der Waals surface area contributed by atoms with Crippen molar-refractivity contribution < 1.29 is 9.53 Å². The molecule has 1 N–H and O–H groups in total. The Hall–Kier alpha value is -3.77. The lowest BCUT2D eigenvalue weighted by atomic mass is 10.1. The highest BCUT2D eigenvalue weighted by molar-refractivity contribution is 6.31. The number of anilines is 1. The van der Waals surface area contributed by atoms with Crippen LogP contribution in [0.1, 0.15) is 28.7 Å². The predicted molar refractivity (Wildman–Crippen MR) is 125 cm³/mol. The zero-order chi connectivity index (χ0) is 22.5. The topological polar surface area (TPSA) is 77.0 Å². The number of amides is 1. The molecule has 0 atom stereocenters. The van der Waals surface area contributed by atoms with Crippen molar-refractivity contribution in [3.8, 4) is 22.9 Å². The highest BCUT2D eigenvalue weighted by Gasteiger charge is 2.13. The predicted octanol–water partition coefficient (Wildman–Crippen LogP) is 6.11. The Morgan fingerprint density at radius 2 is 1.91 bits per heavy atom. The molecule has 0 saturated carbocycles. The molecular weight excluding hydrogens is 424 g/mol. The van der Waals surface area contributed by atoms with E-state index in [1.807, 2.05) is 38.1 Å². The molecule has 4 rings (SSSR count). The smallest absolute Gasteiger partial charge is 0.255 e. The lowest BCUT2D eigenvalue weighted by molar-refractivity contribution is 0.102. The molecule has 4 aromatic rings. The molecule has 0 saturated heterocycles. The average molecular weight is 445 g/mol. The maximum Gasteiger partial charge on any atom is 0.255 e. The van der Waals surface area contributed by atoms with Gasteiger partial charge in [-0.3, -0.25) is 4.79 Å². The molecule has 32 heavy (non-hydrogen) atoms. The van der Waals surface area contributed by atoms with E-state index >= 15 is 0 Å². The van der Waals surface area contributed by atoms with Gasteiger partial charge in [-0.25, -0.2) is 15.0 Å². The lowest BCUT2D eigenvalue weighted by Crippen LogP contribution is -2.11. The third-order valence-electron chi connectivity index (χ3n) is 4.80. The first-order chi connectivity index (χ1) is 15.5. The number of nitrogens with one attached hydrogen (secondary N) is 1. The van der Waals surface area contributed by atoms with Crippen LogP contribution < -0.4 is 10.1 Å². The van der Waals surface area contributed by atoms with E-state index in [1.165, 1.54) is 0 Å². The van der Waals surface area contributed by atoms with Crippen LogP contribution in [0.5, 0.6) is 11.6 Å². The van der Waals surface area contributed by atoms with Crippen LogP contribution in [0, 0.1) is 6.92 Å². The molecule has 6 nitrogen and oxygen atoms in total. The molecule has 0 unspecified atom stereocenters. The van der Waals surface area contributed by atoms with Gasteiger partial charge in [0.15, 0.2) is 0 Å². The van der Waals surface area contributed by atoms with E-state index in [2.05, 4.69) is 20.3 Å². The fourth-order valence-electron chi connectivity index (χ4n) is 3.17. The van der Waals surface area contributed by atoms with Crippen molar-refractivity contribution in [2.24, 2.45) is 0 Å². The quantitative estimate of drug-likeness (QED) is 0.388. The minimum absolute atomic E-state index is 0.233. The van der Waals surface area contributed by atoms with Gasteiger partial charge < -0.3 is 10.1 Å². The van der Waals surface area contributed by atoms with Gasteiger partial charge in [-0.05, 0) is 67.1 Å². The van der Waals surface area contributed by atoms with Crippen molar-refractivity contribution in [2.75, 3.05) is 5.32 Å². The average Bonchev–Trinajstić information content (AvgIpc) is 2.81. The molecule has 0 radical (unpaired) electrons. The minimum atomic E-state index is -0.233. The van der Waals surface area contributed by atoms with E-state index in [4.69, 9.17) is 16.3 Å². The summed E-state index contributed by atoms with van der Waals surface area (Å²) in [5.74, 6) is 1.61. The summed E-state index contributed by atoms with van der Waals surface area (Å²) in [6, 6.07) is 17.8. The first-order valence-electron chi connectivity index (χ1n) is 10.2. The second-order valence-electron chi connectivity index (χ2n) is 7.11. The summed E-state index contributed by atoms with van der Waals surface area (Å²) in [6.07, 6.45) is 4.15. The van der Waals surface area contributed by atoms with E-state index < -0.39 is 0 Å². The molecule has 0 bridgehead atoms. The number of nitrogens with zero attached hydrogens (tertiary/aromatic N) is 3. The Balaban J connectivity index is 1.55. The van der Waals surface area contributed by atoms with Gasteiger partial charge in [0.05, 0.1) is 11.3 Å². The van der Waals surface area contributed by atoms with Gasteiger partial charge >= 0.3 is 0 Å². The summed E-state index contributed by atoms with van der Waals surface area (Å²) in [7, 11) is 0. The van der Waals surface area contributed by atoms with Crippen LogP contribution in [0.4, 0.5) is 5.69 Å². The SMILES string of the molecule is CCc1nccc(-c2cccnc2Oc2ccc(NC(=O)c3cccc(Cl)c3)cc2C)n1. The monoisotopic (exact) mass is 444 g/mol. The minimum Gasteiger partial charge on any atom is -0.438 e.